The summed E-state index contributed by atoms with van der Waals surface area (Å²) in [5, 5.41) is 14.2. The maximum Gasteiger partial charge on any atom is 0.121 e. The van der Waals surface area contributed by atoms with E-state index in [0.717, 1.165) is 42.4 Å². The lowest BCUT2D eigenvalue weighted by Crippen LogP contribution is -2.14. The summed E-state index contributed by atoms with van der Waals surface area (Å²) in [5.41, 5.74) is 2.67. The summed E-state index contributed by atoms with van der Waals surface area (Å²) in [6.45, 7) is 6.37. The SMILES string of the molecule is CCNCCCc1nnc(Cc2ccccc2C)s1. The first kappa shape index (κ1) is 14.2. The van der Waals surface area contributed by atoms with E-state index in [4.69, 9.17) is 0 Å². The normalized spacial score (nSPS) is 10.8. The van der Waals surface area contributed by atoms with Crippen LogP contribution in [0.5, 0.6) is 0 Å². The van der Waals surface area contributed by atoms with Gasteiger partial charge in [0.25, 0.3) is 0 Å². The van der Waals surface area contributed by atoms with Crippen molar-refractivity contribution in [2.24, 2.45) is 0 Å². The van der Waals surface area contributed by atoms with Gasteiger partial charge >= 0.3 is 0 Å². The van der Waals surface area contributed by atoms with E-state index in [2.05, 4.69) is 53.6 Å². The van der Waals surface area contributed by atoms with Crippen molar-refractivity contribution in [3.05, 3.63) is 45.4 Å². The Balaban J connectivity index is 1.89. The lowest BCUT2D eigenvalue weighted by molar-refractivity contribution is 0.669. The number of nitrogens with one attached hydrogen (secondary N) is 1. The first-order valence-corrected chi connectivity index (χ1v) is 7.67. The molecule has 19 heavy (non-hydrogen) atoms. The molecule has 0 spiro atoms. The van der Waals surface area contributed by atoms with Gasteiger partial charge in [0.05, 0.1) is 0 Å². The number of rotatable bonds is 7. The smallest absolute Gasteiger partial charge is 0.121 e. The van der Waals surface area contributed by atoms with Crippen LogP contribution in [0.4, 0.5) is 0 Å². The molecule has 0 bridgehead atoms. The van der Waals surface area contributed by atoms with Gasteiger partial charge in [-0.1, -0.05) is 31.2 Å². The van der Waals surface area contributed by atoms with E-state index < -0.39 is 0 Å². The van der Waals surface area contributed by atoms with Gasteiger partial charge in [-0.15, -0.1) is 21.5 Å². The van der Waals surface area contributed by atoms with E-state index in [9.17, 15) is 0 Å². The third kappa shape index (κ3) is 4.40. The third-order valence-electron chi connectivity index (χ3n) is 3.11. The van der Waals surface area contributed by atoms with Crippen molar-refractivity contribution >= 4 is 11.3 Å². The van der Waals surface area contributed by atoms with Crippen molar-refractivity contribution in [2.45, 2.75) is 33.1 Å². The predicted octanol–water partition coefficient (Wildman–Crippen LogP) is 2.98. The molecule has 2 rings (SSSR count). The van der Waals surface area contributed by atoms with E-state index >= 15 is 0 Å². The molecule has 3 nitrogen and oxygen atoms in total. The molecular weight excluding hydrogens is 254 g/mol. The van der Waals surface area contributed by atoms with Crippen molar-refractivity contribution in [1.29, 1.82) is 0 Å². The van der Waals surface area contributed by atoms with E-state index in [0.29, 0.717) is 0 Å². The Bertz CT molecular complexity index is 508. The van der Waals surface area contributed by atoms with Gasteiger partial charge < -0.3 is 5.32 Å². The number of aryl methyl sites for hydroxylation is 2. The molecule has 1 aromatic carbocycles. The topological polar surface area (TPSA) is 37.8 Å². The van der Waals surface area contributed by atoms with Gasteiger partial charge in [-0.25, -0.2) is 0 Å². The van der Waals surface area contributed by atoms with Crippen LogP contribution in [0.2, 0.25) is 0 Å². The van der Waals surface area contributed by atoms with Crippen LogP contribution in [-0.2, 0) is 12.8 Å². The molecule has 0 atom stereocenters. The molecule has 2 aromatic rings. The van der Waals surface area contributed by atoms with Crippen LogP contribution in [0.25, 0.3) is 0 Å². The van der Waals surface area contributed by atoms with Gasteiger partial charge in [0.2, 0.25) is 0 Å². The van der Waals surface area contributed by atoms with Crippen LogP contribution in [0, 0.1) is 6.92 Å². The van der Waals surface area contributed by atoms with Crippen LogP contribution in [0.1, 0.15) is 34.5 Å². The van der Waals surface area contributed by atoms with Gasteiger partial charge in [-0.2, -0.15) is 0 Å². The van der Waals surface area contributed by atoms with Crippen molar-refractivity contribution in [1.82, 2.24) is 15.5 Å². The summed E-state index contributed by atoms with van der Waals surface area (Å²) in [7, 11) is 0. The van der Waals surface area contributed by atoms with Crippen molar-refractivity contribution in [3.8, 4) is 0 Å². The van der Waals surface area contributed by atoms with Crippen molar-refractivity contribution < 1.29 is 0 Å². The average molecular weight is 275 g/mol. The van der Waals surface area contributed by atoms with Gasteiger partial charge in [0.1, 0.15) is 10.0 Å². The minimum absolute atomic E-state index is 0.900. The summed E-state index contributed by atoms with van der Waals surface area (Å²) < 4.78 is 0. The Hall–Kier alpha value is -1.26. The zero-order chi connectivity index (χ0) is 13.5. The number of benzene rings is 1. The Morgan fingerprint density at radius 2 is 1.95 bits per heavy atom. The van der Waals surface area contributed by atoms with E-state index in [1.54, 1.807) is 11.3 Å². The summed E-state index contributed by atoms with van der Waals surface area (Å²) in [6, 6.07) is 8.47. The molecule has 0 radical (unpaired) electrons. The highest BCUT2D eigenvalue weighted by Crippen LogP contribution is 2.17. The largest absolute Gasteiger partial charge is 0.317 e. The zero-order valence-electron chi connectivity index (χ0n) is 11.6. The standard InChI is InChI=1S/C15H21N3S/c1-3-16-10-6-9-14-17-18-15(19-14)11-13-8-5-4-7-12(13)2/h4-5,7-8,16H,3,6,9-11H2,1-2H3. The van der Waals surface area contributed by atoms with Crippen LogP contribution >= 0.6 is 11.3 Å². The molecule has 0 saturated carbocycles. The number of hydrogen-bond donors (Lipinski definition) is 1. The van der Waals surface area contributed by atoms with E-state index in [1.165, 1.54) is 11.1 Å². The number of hydrogen-bond acceptors (Lipinski definition) is 4. The molecule has 1 N–H and O–H groups in total. The second kappa shape index (κ2) is 7.36. The van der Waals surface area contributed by atoms with E-state index in [1.807, 2.05) is 0 Å². The molecule has 0 saturated heterocycles. The number of aromatic nitrogens is 2. The second-order valence-corrected chi connectivity index (χ2v) is 5.80. The quantitative estimate of drug-likeness (QED) is 0.789. The minimum Gasteiger partial charge on any atom is -0.317 e. The fraction of sp³-hybridized carbons (Fsp3) is 0.467. The minimum atomic E-state index is 0.900. The highest BCUT2D eigenvalue weighted by atomic mass is 32.1. The molecule has 0 aliphatic heterocycles. The molecule has 0 aliphatic rings. The summed E-state index contributed by atoms with van der Waals surface area (Å²) in [5.74, 6) is 0. The summed E-state index contributed by atoms with van der Waals surface area (Å²) in [6.07, 6.45) is 3.06. The molecule has 102 valence electrons. The fourth-order valence-electron chi connectivity index (χ4n) is 1.97. The predicted molar refractivity (Wildman–Crippen MR) is 80.8 cm³/mol. The fourth-order valence-corrected chi connectivity index (χ4v) is 2.88. The lowest BCUT2D eigenvalue weighted by Gasteiger charge is -2.01. The summed E-state index contributed by atoms with van der Waals surface area (Å²) >= 11 is 1.74. The molecule has 0 unspecified atom stereocenters. The Kier molecular flexibility index (Phi) is 5.48. The Morgan fingerprint density at radius 3 is 2.74 bits per heavy atom. The van der Waals surface area contributed by atoms with Crippen molar-refractivity contribution in [2.75, 3.05) is 13.1 Å². The third-order valence-corrected chi connectivity index (χ3v) is 4.09. The molecular formula is C15H21N3S. The Morgan fingerprint density at radius 1 is 1.16 bits per heavy atom. The second-order valence-electron chi connectivity index (χ2n) is 4.65. The average Bonchev–Trinajstić information content (AvgIpc) is 2.85. The van der Waals surface area contributed by atoms with Crippen LogP contribution in [-0.4, -0.2) is 23.3 Å². The van der Waals surface area contributed by atoms with Crippen LogP contribution < -0.4 is 5.32 Å². The Labute approximate surface area is 119 Å². The first-order chi connectivity index (χ1) is 9.29. The molecule has 4 heteroatoms. The molecule has 1 aromatic heterocycles. The van der Waals surface area contributed by atoms with Crippen LogP contribution in [0.15, 0.2) is 24.3 Å². The molecule has 1 heterocycles. The van der Waals surface area contributed by atoms with Crippen molar-refractivity contribution in [3.63, 3.8) is 0 Å². The monoisotopic (exact) mass is 275 g/mol. The highest BCUT2D eigenvalue weighted by Gasteiger charge is 2.06. The maximum atomic E-state index is 4.30. The van der Waals surface area contributed by atoms with Gasteiger partial charge in [-0.3, -0.25) is 0 Å². The molecule has 0 amide bonds. The van der Waals surface area contributed by atoms with Gasteiger partial charge in [-0.05, 0) is 37.6 Å². The molecule has 0 aliphatic carbocycles. The lowest BCUT2D eigenvalue weighted by atomic mass is 10.1. The van der Waals surface area contributed by atoms with Gasteiger partial charge in [0.15, 0.2) is 0 Å². The summed E-state index contributed by atoms with van der Waals surface area (Å²) in [4.78, 5) is 0. The van der Waals surface area contributed by atoms with Crippen LogP contribution in [0.3, 0.4) is 0 Å². The highest BCUT2D eigenvalue weighted by molar-refractivity contribution is 7.11. The maximum absolute atomic E-state index is 4.30. The first-order valence-electron chi connectivity index (χ1n) is 6.86. The van der Waals surface area contributed by atoms with E-state index in [-0.39, 0.29) is 0 Å². The van der Waals surface area contributed by atoms with Gasteiger partial charge in [0, 0.05) is 12.8 Å². The number of nitrogens with zero attached hydrogens (tertiary/aromatic N) is 2. The zero-order valence-corrected chi connectivity index (χ0v) is 12.5. The molecule has 0 fully saturated rings.